The molecule has 0 bridgehead atoms. The molecule has 1 N–H and O–H groups in total. The standard InChI is InChI=1S/C39H46N2O4/c1-39(2,3)45-37(42)33-23-26-11-10-18-35(26)41(36(33)25-19-21-28(22-20-25)40-27-12-4-5-13-27)38(43)44-24-34-31-16-8-6-14-29(31)30-15-7-9-17-32(30)34/h6-9,14-17,19-22,26-27,33-36,40H,4-5,10-13,18,23-24H2,1-3H3. The number of ether oxygens (including phenoxy) is 2. The number of hydrogen-bond donors (Lipinski definition) is 1. The van der Waals surface area contributed by atoms with Crippen LogP contribution in [0, 0.1) is 11.8 Å². The van der Waals surface area contributed by atoms with Crippen LogP contribution in [0.15, 0.2) is 72.8 Å². The summed E-state index contributed by atoms with van der Waals surface area (Å²) in [6.45, 7) is 5.99. The summed E-state index contributed by atoms with van der Waals surface area (Å²) in [4.78, 5) is 30.2. The molecule has 0 radical (unpaired) electrons. The van der Waals surface area contributed by atoms with E-state index in [0.29, 0.717) is 6.04 Å². The van der Waals surface area contributed by atoms with E-state index in [2.05, 4.69) is 78.1 Å². The van der Waals surface area contributed by atoms with E-state index < -0.39 is 17.6 Å². The van der Waals surface area contributed by atoms with Crippen molar-refractivity contribution in [3.05, 3.63) is 89.5 Å². The van der Waals surface area contributed by atoms with E-state index in [1.165, 1.54) is 47.9 Å². The molecule has 1 heterocycles. The van der Waals surface area contributed by atoms with Crippen LogP contribution in [0.25, 0.3) is 11.1 Å². The molecular formula is C39H46N2O4. The number of nitrogens with zero attached hydrogens (tertiary/aromatic N) is 1. The number of carbonyl (C=O) groups excluding carboxylic acids is 2. The SMILES string of the molecule is CC(C)(C)OC(=O)C1CC2CCCC2N(C(=O)OCC2c3ccccc3-c3ccccc32)C1c1ccc(NC2CCCC2)cc1. The summed E-state index contributed by atoms with van der Waals surface area (Å²) in [5.41, 5.74) is 6.23. The first-order valence-electron chi connectivity index (χ1n) is 17.0. The van der Waals surface area contributed by atoms with Crippen LogP contribution in [0.4, 0.5) is 10.5 Å². The number of fused-ring (bicyclic) bond motifs is 4. The maximum atomic E-state index is 14.4. The Hall–Kier alpha value is -3.80. The smallest absolute Gasteiger partial charge is 0.410 e. The van der Waals surface area contributed by atoms with Gasteiger partial charge >= 0.3 is 12.1 Å². The van der Waals surface area contributed by atoms with Gasteiger partial charge in [0.25, 0.3) is 0 Å². The molecule has 0 aromatic heterocycles. The van der Waals surface area contributed by atoms with E-state index in [1.807, 2.05) is 25.7 Å². The number of carbonyl (C=O) groups is 2. The predicted octanol–water partition coefficient (Wildman–Crippen LogP) is 8.86. The lowest BCUT2D eigenvalue weighted by Crippen LogP contribution is -2.54. The maximum Gasteiger partial charge on any atom is 0.410 e. The van der Waals surface area contributed by atoms with Crippen molar-refractivity contribution >= 4 is 17.7 Å². The second-order valence-electron chi connectivity index (χ2n) is 14.5. The molecule has 1 aliphatic heterocycles. The zero-order valence-electron chi connectivity index (χ0n) is 26.8. The van der Waals surface area contributed by atoms with E-state index in [1.54, 1.807) is 0 Å². The second kappa shape index (κ2) is 12.2. The number of amides is 1. The first-order chi connectivity index (χ1) is 21.8. The van der Waals surface area contributed by atoms with E-state index >= 15 is 0 Å². The van der Waals surface area contributed by atoms with Gasteiger partial charge in [-0.25, -0.2) is 4.79 Å². The quantitative estimate of drug-likeness (QED) is 0.284. The summed E-state index contributed by atoms with van der Waals surface area (Å²) in [6.07, 6.45) is 8.30. The van der Waals surface area contributed by atoms with Gasteiger partial charge in [0.05, 0.1) is 12.0 Å². The second-order valence-corrected chi connectivity index (χ2v) is 14.5. The van der Waals surface area contributed by atoms with Gasteiger partial charge in [-0.05, 0) is 98.7 Å². The molecule has 45 heavy (non-hydrogen) atoms. The summed E-state index contributed by atoms with van der Waals surface area (Å²) in [7, 11) is 0. The Kier molecular flexibility index (Phi) is 8.09. The normalized spacial score (nSPS) is 24.6. The largest absolute Gasteiger partial charge is 0.460 e. The maximum absolute atomic E-state index is 14.4. The zero-order chi connectivity index (χ0) is 31.1. The van der Waals surface area contributed by atoms with Crippen molar-refractivity contribution in [1.82, 2.24) is 4.90 Å². The van der Waals surface area contributed by atoms with Crippen molar-refractivity contribution in [2.45, 2.75) is 102 Å². The molecular weight excluding hydrogens is 560 g/mol. The lowest BCUT2D eigenvalue weighted by Gasteiger charge is -2.47. The van der Waals surface area contributed by atoms with Crippen LogP contribution in [0.1, 0.15) is 101 Å². The Labute approximate surface area is 267 Å². The van der Waals surface area contributed by atoms with Crippen molar-refractivity contribution in [3.8, 4) is 11.1 Å². The molecule has 1 amide bonds. The molecule has 6 heteroatoms. The predicted molar refractivity (Wildman–Crippen MR) is 177 cm³/mol. The van der Waals surface area contributed by atoms with E-state index in [9.17, 15) is 9.59 Å². The fraction of sp³-hybridized carbons (Fsp3) is 0.487. The first-order valence-corrected chi connectivity index (χ1v) is 17.0. The van der Waals surface area contributed by atoms with Gasteiger partial charge in [-0.1, -0.05) is 79.9 Å². The van der Waals surface area contributed by atoms with E-state index in [4.69, 9.17) is 9.47 Å². The molecule has 6 nitrogen and oxygen atoms in total. The van der Waals surface area contributed by atoms with Crippen LogP contribution in [-0.4, -0.2) is 41.3 Å². The number of piperidine rings is 1. The molecule has 3 aromatic rings. The minimum absolute atomic E-state index is 0.0217. The molecule has 3 fully saturated rings. The van der Waals surface area contributed by atoms with Crippen molar-refractivity contribution in [2.24, 2.45) is 11.8 Å². The van der Waals surface area contributed by atoms with Gasteiger partial charge in [0.15, 0.2) is 0 Å². The minimum Gasteiger partial charge on any atom is -0.460 e. The van der Waals surface area contributed by atoms with E-state index in [0.717, 1.165) is 36.9 Å². The molecule has 236 valence electrons. The van der Waals surface area contributed by atoms with Crippen molar-refractivity contribution < 1.29 is 19.1 Å². The fourth-order valence-corrected chi connectivity index (χ4v) is 8.51. The molecule has 2 saturated carbocycles. The molecule has 4 atom stereocenters. The Balaban J connectivity index is 1.19. The Morgan fingerprint density at radius 1 is 0.822 bits per heavy atom. The van der Waals surface area contributed by atoms with Crippen molar-refractivity contribution in [2.75, 3.05) is 11.9 Å². The molecule has 4 unspecified atom stereocenters. The Morgan fingerprint density at radius 2 is 1.47 bits per heavy atom. The van der Waals surface area contributed by atoms with Crippen LogP contribution in [0.3, 0.4) is 0 Å². The highest BCUT2D eigenvalue weighted by atomic mass is 16.6. The highest BCUT2D eigenvalue weighted by Gasteiger charge is 2.51. The average Bonchev–Trinajstić information content (AvgIpc) is 3.78. The third kappa shape index (κ3) is 5.96. The van der Waals surface area contributed by atoms with Crippen molar-refractivity contribution in [1.29, 1.82) is 0 Å². The van der Waals surface area contributed by atoms with E-state index in [-0.39, 0.29) is 36.5 Å². The lowest BCUT2D eigenvalue weighted by atomic mass is 9.77. The number of likely N-dealkylation sites (tertiary alicyclic amines) is 1. The summed E-state index contributed by atoms with van der Waals surface area (Å²) >= 11 is 0. The van der Waals surface area contributed by atoms with Crippen LogP contribution in [0.2, 0.25) is 0 Å². The first kappa shape index (κ1) is 29.9. The number of esters is 1. The zero-order valence-corrected chi connectivity index (χ0v) is 26.8. The Bertz CT molecular complexity index is 1490. The molecule has 3 aromatic carbocycles. The van der Waals surface area contributed by atoms with Gasteiger partial charge in [0, 0.05) is 23.7 Å². The number of hydrogen-bond acceptors (Lipinski definition) is 5. The molecule has 1 saturated heterocycles. The summed E-state index contributed by atoms with van der Waals surface area (Å²) in [6, 6.07) is 25.3. The van der Waals surface area contributed by atoms with Gasteiger partial charge in [-0.15, -0.1) is 0 Å². The van der Waals surface area contributed by atoms with Crippen LogP contribution in [-0.2, 0) is 14.3 Å². The Morgan fingerprint density at radius 3 is 2.11 bits per heavy atom. The topological polar surface area (TPSA) is 67.9 Å². The number of nitrogens with one attached hydrogen (secondary N) is 1. The molecule has 0 spiro atoms. The summed E-state index contributed by atoms with van der Waals surface area (Å²) < 4.78 is 12.3. The average molecular weight is 607 g/mol. The van der Waals surface area contributed by atoms with Gasteiger partial charge in [-0.3, -0.25) is 9.69 Å². The monoisotopic (exact) mass is 606 g/mol. The van der Waals surface area contributed by atoms with Crippen LogP contribution >= 0.6 is 0 Å². The van der Waals surface area contributed by atoms with Gasteiger partial charge in [0.2, 0.25) is 0 Å². The van der Waals surface area contributed by atoms with Gasteiger partial charge in [-0.2, -0.15) is 0 Å². The molecule has 7 rings (SSSR count). The minimum atomic E-state index is -0.613. The van der Waals surface area contributed by atoms with Gasteiger partial charge in [0.1, 0.15) is 12.2 Å². The number of anilines is 1. The molecule has 4 aliphatic rings. The molecule has 3 aliphatic carbocycles. The lowest BCUT2D eigenvalue weighted by molar-refractivity contribution is -0.166. The van der Waals surface area contributed by atoms with Crippen molar-refractivity contribution in [3.63, 3.8) is 0 Å². The third-order valence-electron chi connectivity index (χ3n) is 10.4. The highest BCUT2D eigenvalue weighted by Crippen LogP contribution is 2.50. The summed E-state index contributed by atoms with van der Waals surface area (Å²) in [5, 5.41) is 3.68. The summed E-state index contributed by atoms with van der Waals surface area (Å²) in [5.74, 6) is -0.464. The number of benzene rings is 3. The van der Waals surface area contributed by atoms with Crippen LogP contribution in [0.5, 0.6) is 0 Å². The highest BCUT2D eigenvalue weighted by molar-refractivity contribution is 5.80. The van der Waals surface area contributed by atoms with Gasteiger partial charge < -0.3 is 14.8 Å². The fourth-order valence-electron chi connectivity index (χ4n) is 8.51. The third-order valence-corrected chi connectivity index (χ3v) is 10.4. The van der Waals surface area contributed by atoms with Crippen LogP contribution < -0.4 is 5.32 Å². The number of rotatable bonds is 6.